The Morgan fingerprint density at radius 2 is 2.44 bits per heavy atom. The summed E-state index contributed by atoms with van der Waals surface area (Å²) >= 11 is 1.69. The fraction of sp³-hybridized carbons (Fsp3) is 0.500. The van der Waals surface area contributed by atoms with E-state index in [4.69, 9.17) is 0 Å². The highest BCUT2D eigenvalue weighted by Gasteiger charge is 2.00. The van der Waals surface area contributed by atoms with Gasteiger partial charge in [-0.2, -0.15) is 0 Å². The Kier molecular flexibility index (Phi) is 5.78. The molecule has 0 atom stereocenters. The van der Waals surface area contributed by atoms with Crippen molar-refractivity contribution in [3.63, 3.8) is 0 Å². The lowest BCUT2D eigenvalue weighted by Crippen LogP contribution is -2.23. The maximum Gasteiger partial charge on any atom is 0.223 e. The summed E-state index contributed by atoms with van der Waals surface area (Å²) in [5.74, 6) is 0.0911. The van der Waals surface area contributed by atoms with Crippen molar-refractivity contribution in [2.75, 3.05) is 6.54 Å². The van der Waals surface area contributed by atoms with Crippen molar-refractivity contribution >= 4 is 17.2 Å². The van der Waals surface area contributed by atoms with Crippen LogP contribution in [0.15, 0.2) is 17.5 Å². The molecule has 88 valence electrons. The molecule has 0 unspecified atom stereocenters. The van der Waals surface area contributed by atoms with E-state index in [2.05, 4.69) is 15.7 Å². The first-order chi connectivity index (χ1) is 7.72. The molecule has 0 spiro atoms. The van der Waals surface area contributed by atoms with Crippen LogP contribution in [0.1, 0.15) is 30.5 Å². The first kappa shape index (κ1) is 12.9. The third kappa shape index (κ3) is 5.07. The molecular formula is C12H18N2OS. The Balaban J connectivity index is 2.10. The van der Waals surface area contributed by atoms with E-state index < -0.39 is 0 Å². The lowest BCUT2D eigenvalue weighted by atomic mass is 10.3. The van der Waals surface area contributed by atoms with Gasteiger partial charge in [-0.25, -0.2) is 4.98 Å². The largest absolute Gasteiger partial charge is 0.356 e. The van der Waals surface area contributed by atoms with E-state index in [1.165, 1.54) is 0 Å². The summed E-state index contributed by atoms with van der Waals surface area (Å²) in [4.78, 5) is 15.6. The van der Waals surface area contributed by atoms with Gasteiger partial charge in [0.1, 0.15) is 0 Å². The average molecular weight is 238 g/mol. The van der Waals surface area contributed by atoms with Gasteiger partial charge >= 0.3 is 0 Å². The maximum absolute atomic E-state index is 11.2. The summed E-state index contributed by atoms with van der Waals surface area (Å²) < 4.78 is 0. The first-order valence-corrected chi connectivity index (χ1v) is 6.39. The fourth-order valence-electron chi connectivity index (χ4n) is 1.28. The topological polar surface area (TPSA) is 42.0 Å². The van der Waals surface area contributed by atoms with Gasteiger partial charge in [0.15, 0.2) is 0 Å². The molecule has 1 heterocycles. The number of amides is 1. The molecule has 0 bridgehead atoms. The SMILES string of the molecule is C/C=C/CC(=O)NCCCc1nc(C)cs1. The Hall–Kier alpha value is -1.16. The van der Waals surface area contributed by atoms with Gasteiger partial charge in [-0.05, 0) is 20.3 Å². The van der Waals surface area contributed by atoms with Crippen molar-refractivity contribution in [3.05, 3.63) is 28.2 Å². The van der Waals surface area contributed by atoms with Crippen LogP contribution in [-0.4, -0.2) is 17.4 Å². The van der Waals surface area contributed by atoms with Gasteiger partial charge < -0.3 is 5.32 Å². The zero-order chi connectivity index (χ0) is 11.8. The van der Waals surface area contributed by atoms with Crippen molar-refractivity contribution in [3.8, 4) is 0 Å². The number of nitrogens with zero attached hydrogens (tertiary/aromatic N) is 1. The van der Waals surface area contributed by atoms with E-state index in [0.29, 0.717) is 6.42 Å². The quantitative estimate of drug-likeness (QED) is 0.611. The van der Waals surface area contributed by atoms with Crippen molar-refractivity contribution in [2.24, 2.45) is 0 Å². The van der Waals surface area contributed by atoms with Crippen LogP contribution in [-0.2, 0) is 11.2 Å². The molecule has 0 aliphatic carbocycles. The molecule has 3 nitrogen and oxygen atoms in total. The smallest absolute Gasteiger partial charge is 0.223 e. The number of aryl methyl sites for hydroxylation is 2. The summed E-state index contributed by atoms with van der Waals surface area (Å²) in [5, 5.41) is 6.09. The lowest BCUT2D eigenvalue weighted by molar-refractivity contribution is -0.120. The number of hydrogen-bond donors (Lipinski definition) is 1. The van der Waals surface area contributed by atoms with E-state index in [9.17, 15) is 4.79 Å². The van der Waals surface area contributed by atoms with Crippen molar-refractivity contribution in [1.29, 1.82) is 0 Å². The predicted molar refractivity (Wildman–Crippen MR) is 67.6 cm³/mol. The molecule has 0 aromatic carbocycles. The van der Waals surface area contributed by atoms with Crippen LogP contribution in [0.3, 0.4) is 0 Å². The van der Waals surface area contributed by atoms with Crippen LogP contribution in [0.25, 0.3) is 0 Å². The summed E-state index contributed by atoms with van der Waals surface area (Å²) in [6.45, 7) is 4.64. The monoisotopic (exact) mass is 238 g/mol. The van der Waals surface area contributed by atoms with Gasteiger partial charge in [0.25, 0.3) is 0 Å². The van der Waals surface area contributed by atoms with Crippen molar-refractivity contribution < 1.29 is 4.79 Å². The molecule has 0 saturated carbocycles. The van der Waals surface area contributed by atoms with E-state index in [-0.39, 0.29) is 5.91 Å². The minimum atomic E-state index is 0.0911. The van der Waals surface area contributed by atoms with Gasteiger partial charge in [-0.3, -0.25) is 4.79 Å². The zero-order valence-corrected chi connectivity index (χ0v) is 10.6. The Bertz CT molecular complexity index is 358. The minimum Gasteiger partial charge on any atom is -0.356 e. The Labute approximate surface area is 101 Å². The number of hydrogen-bond acceptors (Lipinski definition) is 3. The van der Waals surface area contributed by atoms with Crippen LogP contribution in [0, 0.1) is 6.92 Å². The van der Waals surface area contributed by atoms with Gasteiger partial charge in [0.05, 0.1) is 5.01 Å². The molecule has 1 aromatic rings. The number of thiazole rings is 1. The summed E-state index contributed by atoms with van der Waals surface area (Å²) in [6.07, 6.45) is 6.13. The highest BCUT2D eigenvalue weighted by atomic mass is 32.1. The number of carbonyl (C=O) groups excluding carboxylic acids is 1. The normalized spacial score (nSPS) is 10.9. The van der Waals surface area contributed by atoms with Gasteiger partial charge in [-0.1, -0.05) is 12.2 Å². The van der Waals surface area contributed by atoms with E-state index >= 15 is 0 Å². The Morgan fingerprint density at radius 1 is 1.62 bits per heavy atom. The summed E-state index contributed by atoms with van der Waals surface area (Å²) in [5.41, 5.74) is 1.08. The zero-order valence-electron chi connectivity index (χ0n) is 9.82. The average Bonchev–Trinajstić information content (AvgIpc) is 2.67. The standard InChI is InChI=1S/C12H18N2OS/c1-3-4-6-11(15)13-8-5-7-12-14-10(2)9-16-12/h3-4,9H,5-8H2,1-2H3,(H,13,15)/b4-3+. The van der Waals surface area contributed by atoms with Crippen molar-refractivity contribution in [1.82, 2.24) is 10.3 Å². The van der Waals surface area contributed by atoms with E-state index in [0.717, 1.165) is 30.1 Å². The van der Waals surface area contributed by atoms with Crippen LogP contribution in [0.2, 0.25) is 0 Å². The summed E-state index contributed by atoms with van der Waals surface area (Å²) in [6, 6.07) is 0. The first-order valence-electron chi connectivity index (χ1n) is 5.51. The lowest BCUT2D eigenvalue weighted by Gasteiger charge is -2.01. The van der Waals surface area contributed by atoms with E-state index in [1.54, 1.807) is 11.3 Å². The predicted octanol–water partition coefficient (Wildman–Crippen LogP) is 2.47. The molecule has 16 heavy (non-hydrogen) atoms. The van der Waals surface area contributed by atoms with Crippen molar-refractivity contribution in [2.45, 2.75) is 33.1 Å². The highest BCUT2D eigenvalue weighted by molar-refractivity contribution is 7.09. The summed E-state index contributed by atoms with van der Waals surface area (Å²) in [7, 11) is 0. The number of nitrogens with one attached hydrogen (secondary N) is 1. The maximum atomic E-state index is 11.2. The second-order valence-corrected chi connectivity index (χ2v) is 4.55. The minimum absolute atomic E-state index is 0.0911. The van der Waals surface area contributed by atoms with Crippen LogP contribution in [0.4, 0.5) is 0 Å². The molecule has 0 saturated heterocycles. The van der Waals surface area contributed by atoms with Crippen LogP contribution in [0.5, 0.6) is 0 Å². The second kappa shape index (κ2) is 7.17. The van der Waals surface area contributed by atoms with Crippen LogP contribution >= 0.6 is 11.3 Å². The number of aromatic nitrogens is 1. The molecule has 0 fully saturated rings. The highest BCUT2D eigenvalue weighted by Crippen LogP contribution is 2.10. The molecule has 1 N–H and O–H groups in total. The third-order valence-electron chi connectivity index (χ3n) is 2.10. The molecule has 0 aliphatic heterocycles. The van der Waals surface area contributed by atoms with Gasteiger partial charge in [-0.15, -0.1) is 11.3 Å². The number of carbonyl (C=O) groups is 1. The van der Waals surface area contributed by atoms with Crippen LogP contribution < -0.4 is 5.32 Å². The molecule has 0 radical (unpaired) electrons. The van der Waals surface area contributed by atoms with E-state index in [1.807, 2.05) is 26.0 Å². The second-order valence-electron chi connectivity index (χ2n) is 3.61. The molecule has 4 heteroatoms. The molecular weight excluding hydrogens is 220 g/mol. The Morgan fingerprint density at radius 3 is 3.06 bits per heavy atom. The third-order valence-corrected chi connectivity index (χ3v) is 3.12. The molecule has 0 aliphatic rings. The molecule has 1 aromatic heterocycles. The molecule has 1 amide bonds. The molecule has 1 rings (SSSR count). The van der Waals surface area contributed by atoms with Gasteiger partial charge in [0.2, 0.25) is 5.91 Å². The fourth-order valence-corrected chi connectivity index (χ4v) is 2.10. The van der Waals surface area contributed by atoms with Gasteiger partial charge in [0, 0.05) is 30.5 Å². The number of allylic oxidation sites excluding steroid dienone is 1. The number of rotatable bonds is 6.